The third kappa shape index (κ3) is 2.85. The Hall–Kier alpha value is -0.850. The molecule has 102 valence electrons. The third-order valence-corrected chi connectivity index (χ3v) is 5.00. The summed E-state index contributed by atoms with van der Waals surface area (Å²) >= 11 is 4.83. The van der Waals surface area contributed by atoms with Crippen LogP contribution in [0.15, 0.2) is 22.0 Å². The highest BCUT2D eigenvalue weighted by atomic mass is 79.9. The maximum Gasteiger partial charge on any atom is 0.161 e. The molecule has 0 saturated heterocycles. The van der Waals surface area contributed by atoms with Gasteiger partial charge < -0.3 is 5.32 Å². The van der Waals surface area contributed by atoms with Crippen LogP contribution < -0.4 is 5.32 Å². The van der Waals surface area contributed by atoms with Crippen LogP contribution in [0.2, 0.25) is 0 Å². The number of benzene rings is 1. The maximum atomic E-state index is 13.8. The third-order valence-electron chi connectivity index (χ3n) is 2.80. The molecular formula is C13H11BrF3NS. The van der Waals surface area contributed by atoms with Crippen molar-refractivity contribution >= 4 is 27.3 Å². The molecule has 2 aromatic rings. The van der Waals surface area contributed by atoms with Crippen LogP contribution in [0.3, 0.4) is 0 Å². The largest absolute Gasteiger partial charge is 0.309 e. The van der Waals surface area contributed by atoms with Gasteiger partial charge in [0.25, 0.3) is 0 Å². The molecule has 1 nitrogen and oxygen atoms in total. The number of halogens is 4. The highest BCUT2D eigenvalue weighted by Crippen LogP contribution is 2.35. The first-order valence-corrected chi connectivity index (χ1v) is 7.12. The van der Waals surface area contributed by atoms with Gasteiger partial charge >= 0.3 is 0 Å². The van der Waals surface area contributed by atoms with Crippen molar-refractivity contribution in [1.82, 2.24) is 5.32 Å². The van der Waals surface area contributed by atoms with Gasteiger partial charge in [0.05, 0.1) is 9.83 Å². The monoisotopic (exact) mass is 349 g/mol. The Kier molecular flexibility index (Phi) is 4.32. The molecule has 0 bridgehead atoms. The van der Waals surface area contributed by atoms with Gasteiger partial charge in [-0.15, -0.1) is 11.3 Å². The second kappa shape index (κ2) is 5.64. The zero-order valence-corrected chi connectivity index (χ0v) is 12.6. The molecule has 1 unspecified atom stereocenters. The molecule has 0 fully saturated rings. The fraction of sp³-hybridized carbons (Fsp3) is 0.231. The Morgan fingerprint density at radius 3 is 2.26 bits per heavy atom. The quantitative estimate of drug-likeness (QED) is 0.801. The summed E-state index contributed by atoms with van der Waals surface area (Å²) in [6, 6.07) is 2.85. The van der Waals surface area contributed by atoms with Crippen molar-refractivity contribution in [3.63, 3.8) is 0 Å². The molecule has 19 heavy (non-hydrogen) atoms. The van der Waals surface area contributed by atoms with Crippen molar-refractivity contribution in [2.45, 2.75) is 13.0 Å². The summed E-state index contributed by atoms with van der Waals surface area (Å²) in [5.74, 6) is -3.00. The Bertz CT molecular complexity index is 593. The fourth-order valence-electron chi connectivity index (χ4n) is 1.84. The van der Waals surface area contributed by atoms with Crippen molar-refractivity contribution in [2.24, 2.45) is 0 Å². The van der Waals surface area contributed by atoms with Crippen molar-refractivity contribution in [3.8, 4) is 0 Å². The zero-order valence-electron chi connectivity index (χ0n) is 10.2. The number of nitrogens with one attached hydrogen (secondary N) is 1. The minimum Gasteiger partial charge on any atom is -0.309 e. The summed E-state index contributed by atoms with van der Waals surface area (Å²) in [6.07, 6.45) is 0. The zero-order chi connectivity index (χ0) is 14.2. The first-order chi connectivity index (χ1) is 8.93. The van der Waals surface area contributed by atoms with Gasteiger partial charge in [0.2, 0.25) is 0 Å². The summed E-state index contributed by atoms with van der Waals surface area (Å²) in [7, 11) is 1.65. The van der Waals surface area contributed by atoms with Crippen LogP contribution in [-0.4, -0.2) is 7.05 Å². The summed E-state index contributed by atoms with van der Waals surface area (Å²) in [5.41, 5.74) is 1.11. The predicted molar refractivity (Wildman–Crippen MR) is 74.0 cm³/mol. The number of hydrogen-bond donors (Lipinski definition) is 1. The molecule has 0 aliphatic rings. The Morgan fingerprint density at radius 2 is 1.74 bits per heavy atom. The Balaban J connectivity index is 2.50. The van der Waals surface area contributed by atoms with Crippen LogP contribution in [0.5, 0.6) is 0 Å². The minimum absolute atomic E-state index is 0.0927. The lowest BCUT2D eigenvalue weighted by molar-refractivity contribution is 0.484. The van der Waals surface area contributed by atoms with Crippen LogP contribution in [0, 0.1) is 24.4 Å². The van der Waals surface area contributed by atoms with Gasteiger partial charge in [-0.2, -0.15) is 0 Å². The van der Waals surface area contributed by atoms with Crippen LogP contribution in [-0.2, 0) is 0 Å². The number of aryl methyl sites for hydroxylation is 1. The van der Waals surface area contributed by atoms with Gasteiger partial charge in [-0.25, -0.2) is 13.2 Å². The van der Waals surface area contributed by atoms with Gasteiger partial charge in [-0.1, -0.05) is 0 Å². The van der Waals surface area contributed by atoms with Crippen LogP contribution in [0.4, 0.5) is 13.2 Å². The van der Waals surface area contributed by atoms with Crippen molar-refractivity contribution < 1.29 is 13.2 Å². The molecule has 1 N–H and O–H groups in total. The summed E-state index contributed by atoms with van der Waals surface area (Å²) in [5, 5.41) is 2.92. The predicted octanol–water partition coefficient (Wildman–Crippen LogP) is 4.55. The molecule has 0 radical (unpaired) electrons. The normalized spacial score (nSPS) is 12.7. The minimum atomic E-state index is -1.18. The van der Waals surface area contributed by atoms with E-state index in [-0.39, 0.29) is 5.56 Å². The van der Waals surface area contributed by atoms with E-state index in [4.69, 9.17) is 0 Å². The van der Waals surface area contributed by atoms with Crippen molar-refractivity contribution in [2.75, 3.05) is 7.05 Å². The smallest absolute Gasteiger partial charge is 0.161 e. The second-order valence-corrected chi connectivity index (χ2v) is 6.52. The maximum absolute atomic E-state index is 13.8. The molecule has 1 atom stereocenters. The molecule has 1 aromatic heterocycles. The molecule has 1 aromatic carbocycles. The molecular weight excluding hydrogens is 339 g/mol. The highest BCUT2D eigenvalue weighted by molar-refractivity contribution is 9.11. The van der Waals surface area contributed by atoms with E-state index in [1.54, 1.807) is 7.05 Å². The Labute approximate surface area is 121 Å². The van der Waals surface area contributed by atoms with Crippen LogP contribution >= 0.6 is 27.3 Å². The molecule has 0 saturated carbocycles. The van der Waals surface area contributed by atoms with E-state index < -0.39 is 23.5 Å². The second-order valence-electron chi connectivity index (χ2n) is 4.12. The van der Waals surface area contributed by atoms with E-state index in [9.17, 15) is 13.2 Å². The summed E-state index contributed by atoms with van der Waals surface area (Å²) < 4.78 is 41.0. The molecule has 1 heterocycles. The van der Waals surface area contributed by atoms with E-state index in [1.807, 2.05) is 13.0 Å². The van der Waals surface area contributed by atoms with Crippen LogP contribution in [0.25, 0.3) is 0 Å². The lowest BCUT2D eigenvalue weighted by Gasteiger charge is -2.16. The average Bonchev–Trinajstić information content (AvgIpc) is 2.67. The lowest BCUT2D eigenvalue weighted by Crippen LogP contribution is -2.18. The lowest BCUT2D eigenvalue weighted by atomic mass is 10.0. The molecule has 0 aliphatic heterocycles. The SMILES string of the molecule is CNC(c1cc(C)c(Br)s1)c1cc(F)c(F)cc1F. The van der Waals surface area contributed by atoms with E-state index >= 15 is 0 Å². The fourth-order valence-corrected chi connectivity index (χ4v) is 3.54. The van der Waals surface area contributed by atoms with Gasteiger partial charge in [-0.05, 0) is 47.6 Å². The van der Waals surface area contributed by atoms with E-state index in [2.05, 4.69) is 21.2 Å². The molecule has 0 amide bonds. The summed E-state index contributed by atoms with van der Waals surface area (Å²) in [6.45, 7) is 1.92. The van der Waals surface area contributed by atoms with Crippen molar-refractivity contribution in [3.05, 3.63) is 55.4 Å². The molecule has 6 heteroatoms. The van der Waals surface area contributed by atoms with E-state index in [0.717, 1.165) is 20.3 Å². The molecule has 0 aliphatic carbocycles. The van der Waals surface area contributed by atoms with E-state index in [1.165, 1.54) is 11.3 Å². The average molecular weight is 350 g/mol. The van der Waals surface area contributed by atoms with Gasteiger partial charge in [-0.3, -0.25) is 0 Å². The van der Waals surface area contributed by atoms with Gasteiger partial charge in [0.1, 0.15) is 5.82 Å². The van der Waals surface area contributed by atoms with Gasteiger partial charge in [0, 0.05) is 16.5 Å². The first-order valence-electron chi connectivity index (χ1n) is 5.51. The van der Waals surface area contributed by atoms with Crippen LogP contribution in [0.1, 0.15) is 22.0 Å². The molecule has 0 spiro atoms. The topological polar surface area (TPSA) is 12.0 Å². The number of rotatable bonds is 3. The summed E-state index contributed by atoms with van der Waals surface area (Å²) in [4.78, 5) is 0.830. The van der Waals surface area contributed by atoms with E-state index in [0.29, 0.717) is 6.07 Å². The number of hydrogen-bond acceptors (Lipinski definition) is 2. The Morgan fingerprint density at radius 1 is 1.11 bits per heavy atom. The highest BCUT2D eigenvalue weighted by Gasteiger charge is 2.21. The number of thiophene rings is 1. The van der Waals surface area contributed by atoms with Gasteiger partial charge in [0.15, 0.2) is 11.6 Å². The standard InChI is InChI=1S/C13H11BrF3NS/c1-6-3-11(19-13(6)14)12(18-2)7-4-9(16)10(17)5-8(7)15/h3-5,12,18H,1-2H3. The first kappa shape index (κ1) is 14.6. The van der Waals surface area contributed by atoms with Crippen molar-refractivity contribution in [1.29, 1.82) is 0 Å². The molecule has 2 rings (SSSR count).